The van der Waals surface area contributed by atoms with Crippen molar-refractivity contribution in [3.05, 3.63) is 12.4 Å². The van der Waals surface area contributed by atoms with Crippen LogP contribution in [-0.2, 0) is 11.0 Å². The van der Waals surface area contributed by atoms with Crippen LogP contribution in [0.2, 0.25) is 18.1 Å². The van der Waals surface area contributed by atoms with Crippen LogP contribution in [-0.4, -0.2) is 29.8 Å². The van der Waals surface area contributed by atoms with Crippen molar-refractivity contribution in [1.29, 1.82) is 0 Å². The minimum atomic E-state index is -1.62. The zero-order chi connectivity index (χ0) is 13.1. The molecule has 0 amide bonds. The van der Waals surface area contributed by atoms with E-state index in [0.717, 1.165) is 19.6 Å². The molecule has 0 spiro atoms. The molecule has 0 saturated heterocycles. The highest BCUT2D eigenvalue weighted by atomic mass is 28.4. The summed E-state index contributed by atoms with van der Waals surface area (Å²) < 4.78 is 7.80. The average Bonchev–Trinajstić information content (AvgIpc) is 2.57. The van der Waals surface area contributed by atoms with E-state index in [1.165, 1.54) is 6.20 Å². The van der Waals surface area contributed by atoms with E-state index in [2.05, 4.69) is 39.0 Å². The average molecular weight is 256 g/mol. The Bertz CT molecular complexity index is 356. The van der Waals surface area contributed by atoms with Gasteiger partial charge in [-0.3, -0.25) is 4.68 Å². The third-order valence-corrected chi connectivity index (χ3v) is 7.96. The van der Waals surface area contributed by atoms with Crippen molar-refractivity contribution >= 4 is 8.32 Å². The number of aryl methyl sites for hydroxylation is 1. The zero-order valence-electron chi connectivity index (χ0n) is 11.5. The molecule has 17 heavy (non-hydrogen) atoms. The summed E-state index contributed by atoms with van der Waals surface area (Å²) in [4.78, 5) is 0. The van der Waals surface area contributed by atoms with Crippen molar-refractivity contribution in [2.24, 2.45) is 0 Å². The van der Waals surface area contributed by atoms with Gasteiger partial charge in [0.2, 0.25) is 0 Å². The lowest BCUT2D eigenvalue weighted by Crippen LogP contribution is -2.41. The first-order valence-electron chi connectivity index (χ1n) is 6.08. The van der Waals surface area contributed by atoms with Crippen LogP contribution in [0.15, 0.2) is 12.4 Å². The van der Waals surface area contributed by atoms with Crippen molar-refractivity contribution in [3.8, 4) is 5.75 Å². The van der Waals surface area contributed by atoms with E-state index in [-0.39, 0.29) is 10.8 Å². The molecule has 5 heteroatoms. The van der Waals surface area contributed by atoms with Crippen molar-refractivity contribution in [2.75, 3.05) is 6.61 Å². The molecule has 4 nitrogen and oxygen atoms in total. The second-order valence-corrected chi connectivity index (χ2v) is 10.7. The normalized spacial score (nSPS) is 13.0. The quantitative estimate of drug-likeness (QED) is 0.651. The summed E-state index contributed by atoms with van der Waals surface area (Å²) in [5, 5.41) is 13.4. The smallest absolute Gasteiger partial charge is 0.191 e. The number of rotatable bonds is 5. The largest absolute Gasteiger partial charge is 0.505 e. The topological polar surface area (TPSA) is 47.3 Å². The maximum Gasteiger partial charge on any atom is 0.191 e. The lowest BCUT2D eigenvalue weighted by Gasteiger charge is -2.36. The predicted molar refractivity (Wildman–Crippen MR) is 71.7 cm³/mol. The van der Waals surface area contributed by atoms with Gasteiger partial charge < -0.3 is 9.53 Å². The number of hydrogen-bond donors (Lipinski definition) is 1. The van der Waals surface area contributed by atoms with Crippen LogP contribution < -0.4 is 0 Å². The van der Waals surface area contributed by atoms with Crippen LogP contribution in [0.25, 0.3) is 0 Å². The zero-order valence-corrected chi connectivity index (χ0v) is 12.5. The molecule has 0 saturated carbocycles. The van der Waals surface area contributed by atoms with Gasteiger partial charge >= 0.3 is 0 Å². The maximum atomic E-state index is 9.14. The Hall–Kier alpha value is -0.813. The minimum Gasteiger partial charge on any atom is -0.505 e. The lowest BCUT2D eigenvalue weighted by atomic mass is 10.2. The summed E-state index contributed by atoms with van der Waals surface area (Å²) in [6.45, 7) is 12.8. The highest BCUT2D eigenvalue weighted by molar-refractivity contribution is 6.74. The Balaban J connectivity index is 2.29. The molecule has 0 radical (unpaired) electrons. The molecule has 0 unspecified atom stereocenters. The van der Waals surface area contributed by atoms with Gasteiger partial charge in [-0.15, -0.1) is 0 Å². The summed E-state index contributed by atoms with van der Waals surface area (Å²) >= 11 is 0. The van der Waals surface area contributed by atoms with Gasteiger partial charge in [-0.25, -0.2) is 0 Å². The SMILES string of the molecule is CC(C)(C)[Si](C)(C)OCCCn1cc(O)cn1. The first-order chi connectivity index (χ1) is 7.72. The van der Waals surface area contributed by atoms with Gasteiger partial charge in [-0.2, -0.15) is 5.10 Å². The van der Waals surface area contributed by atoms with Crippen LogP contribution in [0.5, 0.6) is 5.75 Å². The Morgan fingerprint density at radius 1 is 1.41 bits per heavy atom. The molecule has 1 rings (SSSR count). The molecule has 1 heterocycles. The van der Waals surface area contributed by atoms with E-state index < -0.39 is 8.32 Å². The van der Waals surface area contributed by atoms with E-state index in [1.807, 2.05) is 0 Å². The van der Waals surface area contributed by atoms with Crippen LogP contribution in [0.1, 0.15) is 27.2 Å². The fourth-order valence-electron chi connectivity index (χ4n) is 1.25. The lowest BCUT2D eigenvalue weighted by molar-refractivity contribution is 0.272. The molecule has 1 aromatic rings. The van der Waals surface area contributed by atoms with Crippen molar-refractivity contribution in [1.82, 2.24) is 9.78 Å². The molecular weight excluding hydrogens is 232 g/mol. The summed E-state index contributed by atoms with van der Waals surface area (Å²) in [5.41, 5.74) is 0. The van der Waals surface area contributed by atoms with E-state index in [4.69, 9.17) is 9.53 Å². The van der Waals surface area contributed by atoms with Gasteiger partial charge in [0.1, 0.15) is 0 Å². The minimum absolute atomic E-state index is 0.218. The summed E-state index contributed by atoms with van der Waals surface area (Å²) in [7, 11) is -1.62. The molecule has 1 aromatic heterocycles. The molecule has 0 aliphatic heterocycles. The predicted octanol–water partition coefficient (Wildman–Crippen LogP) is 3.00. The molecular formula is C12H24N2O2Si. The maximum absolute atomic E-state index is 9.14. The molecule has 0 aromatic carbocycles. The van der Waals surface area contributed by atoms with Gasteiger partial charge in [0.15, 0.2) is 14.1 Å². The third kappa shape index (κ3) is 4.16. The summed E-state index contributed by atoms with van der Waals surface area (Å²) in [5.74, 6) is 0.218. The van der Waals surface area contributed by atoms with E-state index in [1.54, 1.807) is 10.9 Å². The Morgan fingerprint density at radius 2 is 2.06 bits per heavy atom. The third-order valence-electron chi connectivity index (χ3n) is 3.42. The van der Waals surface area contributed by atoms with Gasteiger partial charge in [-0.05, 0) is 24.6 Å². The number of aromatic nitrogens is 2. The Labute approximate surface area is 105 Å². The van der Waals surface area contributed by atoms with E-state index >= 15 is 0 Å². The number of aromatic hydroxyl groups is 1. The number of nitrogens with zero attached hydrogens (tertiary/aromatic N) is 2. The van der Waals surface area contributed by atoms with Gasteiger partial charge in [-0.1, -0.05) is 20.8 Å². The van der Waals surface area contributed by atoms with E-state index in [0.29, 0.717) is 0 Å². The second kappa shape index (κ2) is 5.22. The van der Waals surface area contributed by atoms with Crippen LogP contribution in [0.4, 0.5) is 0 Å². The first-order valence-corrected chi connectivity index (χ1v) is 8.98. The monoisotopic (exact) mass is 256 g/mol. The van der Waals surface area contributed by atoms with Gasteiger partial charge in [0, 0.05) is 13.2 Å². The molecule has 0 atom stereocenters. The fraction of sp³-hybridized carbons (Fsp3) is 0.750. The van der Waals surface area contributed by atoms with Crippen molar-refractivity contribution in [3.63, 3.8) is 0 Å². The van der Waals surface area contributed by atoms with Crippen molar-refractivity contribution < 1.29 is 9.53 Å². The molecule has 98 valence electrons. The Kier molecular flexibility index (Phi) is 4.38. The second-order valence-electron chi connectivity index (χ2n) is 5.92. The molecule has 1 N–H and O–H groups in total. The van der Waals surface area contributed by atoms with Gasteiger partial charge in [0.05, 0.1) is 12.4 Å². The van der Waals surface area contributed by atoms with E-state index in [9.17, 15) is 0 Å². The van der Waals surface area contributed by atoms with Crippen LogP contribution in [0, 0.1) is 0 Å². The summed E-state index contributed by atoms with van der Waals surface area (Å²) in [6.07, 6.45) is 4.01. The molecule has 0 bridgehead atoms. The highest BCUT2D eigenvalue weighted by Gasteiger charge is 2.36. The summed E-state index contributed by atoms with van der Waals surface area (Å²) in [6, 6.07) is 0. The van der Waals surface area contributed by atoms with Crippen LogP contribution >= 0.6 is 0 Å². The molecule has 0 aliphatic carbocycles. The Morgan fingerprint density at radius 3 is 2.53 bits per heavy atom. The molecule has 0 aliphatic rings. The highest BCUT2D eigenvalue weighted by Crippen LogP contribution is 2.36. The van der Waals surface area contributed by atoms with Gasteiger partial charge in [0.25, 0.3) is 0 Å². The van der Waals surface area contributed by atoms with Crippen molar-refractivity contribution in [2.45, 2.75) is 51.9 Å². The molecule has 0 fully saturated rings. The fourth-order valence-corrected chi connectivity index (χ4v) is 2.33. The van der Waals surface area contributed by atoms with Crippen LogP contribution in [0.3, 0.4) is 0 Å². The first kappa shape index (κ1) is 14.2. The number of hydrogen-bond acceptors (Lipinski definition) is 3. The standard InChI is InChI=1S/C12H24N2O2Si/c1-12(2,3)17(4,5)16-8-6-7-14-10-11(15)9-13-14/h9-10,15H,6-8H2,1-5H3.